The van der Waals surface area contributed by atoms with E-state index >= 15 is 0 Å². The summed E-state index contributed by atoms with van der Waals surface area (Å²) < 4.78 is 1.69. The van der Waals surface area contributed by atoms with Crippen molar-refractivity contribution in [3.63, 3.8) is 0 Å². The average molecular weight is 258 g/mol. The molecule has 0 radical (unpaired) electrons. The minimum Gasteiger partial charge on any atom is -0.354 e. The number of carbonyl (C=O) groups excluding carboxylic acids is 1. The van der Waals surface area contributed by atoms with Crippen molar-refractivity contribution in [2.45, 2.75) is 25.8 Å². The number of nitrogens with one attached hydrogen (secondary N) is 1. The third-order valence-corrected chi connectivity index (χ3v) is 2.97. The Kier molecular flexibility index (Phi) is 4.66. The topological polar surface area (TPSA) is 59.8 Å². The van der Waals surface area contributed by atoms with Crippen LogP contribution in [-0.2, 0) is 11.2 Å². The molecule has 0 aromatic carbocycles. The lowest BCUT2D eigenvalue weighted by Crippen LogP contribution is -2.33. The third kappa shape index (κ3) is 3.64. The first kappa shape index (κ1) is 13.3. The van der Waals surface area contributed by atoms with E-state index in [-0.39, 0.29) is 11.9 Å². The zero-order chi connectivity index (χ0) is 13.5. The Balaban J connectivity index is 1.84. The van der Waals surface area contributed by atoms with Crippen molar-refractivity contribution in [3.8, 4) is 0 Å². The molecule has 0 unspecified atom stereocenters. The molecule has 0 bridgehead atoms. The van der Waals surface area contributed by atoms with E-state index in [2.05, 4.69) is 15.4 Å². The highest BCUT2D eigenvalue weighted by Crippen LogP contribution is 2.09. The van der Waals surface area contributed by atoms with Gasteiger partial charge in [0.25, 0.3) is 0 Å². The second-order valence-corrected chi connectivity index (χ2v) is 4.31. The van der Waals surface area contributed by atoms with Gasteiger partial charge in [-0.3, -0.25) is 14.5 Å². The normalized spacial score (nSPS) is 12.1. The molecule has 5 nitrogen and oxygen atoms in total. The van der Waals surface area contributed by atoms with Gasteiger partial charge in [-0.05, 0) is 30.5 Å². The van der Waals surface area contributed by atoms with Crippen LogP contribution in [0.3, 0.4) is 0 Å². The summed E-state index contributed by atoms with van der Waals surface area (Å²) in [5.74, 6) is 0.00934. The highest BCUT2D eigenvalue weighted by atomic mass is 16.2. The van der Waals surface area contributed by atoms with Crippen LogP contribution < -0.4 is 5.32 Å². The van der Waals surface area contributed by atoms with Crippen molar-refractivity contribution in [2.24, 2.45) is 0 Å². The number of amides is 1. The maximum Gasteiger partial charge on any atom is 0.244 e. The maximum atomic E-state index is 12.1. The Hall–Kier alpha value is -2.17. The summed E-state index contributed by atoms with van der Waals surface area (Å²) in [5.41, 5.74) is 1.12. The van der Waals surface area contributed by atoms with Crippen LogP contribution in [0.5, 0.6) is 0 Å². The minimum absolute atomic E-state index is 0.00934. The smallest absolute Gasteiger partial charge is 0.244 e. The molecule has 2 heterocycles. The number of hydrogen-bond donors (Lipinski definition) is 1. The van der Waals surface area contributed by atoms with Crippen LogP contribution in [0.15, 0.2) is 43.0 Å². The van der Waals surface area contributed by atoms with Gasteiger partial charge in [-0.1, -0.05) is 13.0 Å². The molecule has 1 amide bonds. The quantitative estimate of drug-likeness (QED) is 0.856. The Labute approximate surface area is 112 Å². The summed E-state index contributed by atoms with van der Waals surface area (Å²) in [5, 5.41) is 7.06. The van der Waals surface area contributed by atoms with E-state index in [9.17, 15) is 4.79 Å². The first-order valence-electron chi connectivity index (χ1n) is 6.47. The summed E-state index contributed by atoms with van der Waals surface area (Å²) in [6.45, 7) is 2.59. The molecule has 0 spiro atoms. The van der Waals surface area contributed by atoms with Gasteiger partial charge in [-0.25, -0.2) is 0 Å². The monoisotopic (exact) mass is 258 g/mol. The van der Waals surface area contributed by atoms with E-state index in [1.807, 2.05) is 37.5 Å². The van der Waals surface area contributed by atoms with Gasteiger partial charge in [-0.2, -0.15) is 5.10 Å². The number of rotatable bonds is 6. The highest BCUT2D eigenvalue weighted by Gasteiger charge is 2.17. The molecular formula is C14H18N4O. The van der Waals surface area contributed by atoms with Gasteiger partial charge in [0, 0.05) is 31.3 Å². The Bertz CT molecular complexity index is 495. The number of hydrogen-bond acceptors (Lipinski definition) is 3. The van der Waals surface area contributed by atoms with E-state index in [0.717, 1.165) is 18.4 Å². The summed E-state index contributed by atoms with van der Waals surface area (Å²) in [4.78, 5) is 16.1. The summed E-state index contributed by atoms with van der Waals surface area (Å²) >= 11 is 0. The first-order valence-corrected chi connectivity index (χ1v) is 6.47. The molecule has 5 heteroatoms. The van der Waals surface area contributed by atoms with Crippen LogP contribution in [-0.4, -0.2) is 27.2 Å². The second kappa shape index (κ2) is 6.68. The SMILES string of the molecule is CC[C@@H](C(=O)NCCc1cccnc1)n1cccn1. The van der Waals surface area contributed by atoms with Crippen LogP contribution in [0.2, 0.25) is 0 Å². The van der Waals surface area contributed by atoms with E-state index < -0.39 is 0 Å². The summed E-state index contributed by atoms with van der Waals surface area (Å²) in [6.07, 6.45) is 8.57. The molecule has 2 rings (SSSR count). The van der Waals surface area contributed by atoms with Crippen molar-refractivity contribution in [2.75, 3.05) is 6.54 Å². The second-order valence-electron chi connectivity index (χ2n) is 4.31. The maximum absolute atomic E-state index is 12.1. The number of carbonyl (C=O) groups is 1. The number of nitrogens with zero attached hydrogens (tertiary/aromatic N) is 3. The molecule has 0 aliphatic heterocycles. The molecule has 0 aliphatic rings. The Morgan fingerprint density at radius 1 is 1.42 bits per heavy atom. The van der Waals surface area contributed by atoms with Crippen molar-refractivity contribution in [1.82, 2.24) is 20.1 Å². The van der Waals surface area contributed by atoms with Gasteiger partial charge < -0.3 is 5.32 Å². The fourth-order valence-corrected chi connectivity index (χ4v) is 1.95. The van der Waals surface area contributed by atoms with Gasteiger partial charge in [0.2, 0.25) is 5.91 Å². The molecule has 0 fully saturated rings. The number of pyridine rings is 1. The van der Waals surface area contributed by atoms with E-state index in [4.69, 9.17) is 0 Å². The van der Waals surface area contributed by atoms with Gasteiger partial charge in [0.05, 0.1) is 0 Å². The highest BCUT2D eigenvalue weighted by molar-refractivity contribution is 5.80. The fourth-order valence-electron chi connectivity index (χ4n) is 1.95. The van der Waals surface area contributed by atoms with Crippen molar-refractivity contribution >= 4 is 5.91 Å². The lowest BCUT2D eigenvalue weighted by molar-refractivity contribution is -0.124. The minimum atomic E-state index is -0.233. The van der Waals surface area contributed by atoms with E-state index in [1.165, 1.54) is 0 Å². The predicted molar refractivity (Wildman–Crippen MR) is 72.5 cm³/mol. The lowest BCUT2D eigenvalue weighted by Gasteiger charge is -2.15. The predicted octanol–water partition coefficient (Wildman–Crippen LogP) is 1.59. The molecule has 1 atom stereocenters. The van der Waals surface area contributed by atoms with Crippen LogP contribution in [0.25, 0.3) is 0 Å². The van der Waals surface area contributed by atoms with Crippen molar-refractivity contribution < 1.29 is 4.79 Å². The first-order chi connectivity index (χ1) is 9.31. The average Bonchev–Trinajstić information content (AvgIpc) is 2.95. The molecule has 2 aromatic rings. The van der Waals surface area contributed by atoms with Crippen LogP contribution in [0.1, 0.15) is 24.9 Å². The number of aromatic nitrogens is 3. The van der Waals surface area contributed by atoms with Crippen molar-refractivity contribution in [1.29, 1.82) is 0 Å². The molecule has 100 valence electrons. The van der Waals surface area contributed by atoms with Gasteiger partial charge in [0.1, 0.15) is 6.04 Å². The zero-order valence-electron chi connectivity index (χ0n) is 11.0. The van der Waals surface area contributed by atoms with Gasteiger partial charge >= 0.3 is 0 Å². The van der Waals surface area contributed by atoms with E-state index in [0.29, 0.717) is 6.54 Å². The van der Waals surface area contributed by atoms with E-state index in [1.54, 1.807) is 17.1 Å². The van der Waals surface area contributed by atoms with Crippen molar-refractivity contribution in [3.05, 3.63) is 48.5 Å². The molecule has 0 saturated heterocycles. The summed E-state index contributed by atoms with van der Waals surface area (Å²) in [6, 6.07) is 5.49. The third-order valence-electron chi connectivity index (χ3n) is 2.97. The molecule has 19 heavy (non-hydrogen) atoms. The standard InChI is InChI=1S/C14H18N4O/c1-2-13(18-10-4-8-17-18)14(19)16-9-6-12-5-3-7-15-11-12/h3-5,7-8,10-11,13H,2,6,9H2,1H3,(H,16,19)/t13-/m0/s1. The molecule has 2 aromatic heterocycles. The Morgan fingerprint density at radius 2 is 2.32 bits per heavy atom. The Morgan fingerprint density at radius 3 is 2.95 bits per heavy atom. The summed E-state index contributed by atoms with van der Waals surface area (Å²) in [7, 11) is 0. The molecule has 0 saturated carbocycles. The van der Waals surface area contributed by atoms with Crippen LogP contribution in [0.4, 0.5) is 0 Å². The van der Waals surface area contributed by atoms with Crippen LogP contribution in [0, 0.1) is 0 Å². The largest absolute Gasteiger partial charge is 0.354 e. The van der Waals surface area contributed by atoms with Gasteiger partial charge in [-0.15, -0.1) is 0 Å². The lowest BCUT2D eigenvalue weighted by atomic mass is 10.2. The zero-order valence-corrected chi connectivity index (χ0v) is 11.0. The molecule has 0 aliphatic carbocycles. The van der Waals surface area contributed by atoms with Gasteiger partial charge in [0.15, 0.2) is 0 Å². The fraction of sp³-hybridized carbons (Fsp3) is 0.357. The molecular weight excluding hydrogens is 240 g/mol. The van der Waals surface area contributed by atoms with Crippen LogP contribution >= 0.6 is 0 Å². The molecule has 1 N–H and O–H groups in total.